The molecular weight excluding hydrogens is 254 g/mol. The van der Waals surface area contributed by atoms with E-state index in [0.29, 0.717) is 13.0 Å². The summed E-state index contributed by atoms with van der Waals surface area (Å²) in [4.78, 5) is 11.0. The number of hydrogen-bond donors (Lipinski definition) is 1. The second-order valence-electron chi connectivity index (χ2n) is 4.56. The molecule has 0 saturated carbocycles. The predicted octanol–water partition coefficient (Wildman–Crippen LogP) is 2.09. The summed E-state index contributed by atoms with van der Waals surface area (Å²) in [5.74, 6) is -0.204. The number of esters is 1. The molecule has 0 aliphatic rings. The van der Waals surface area contributed by atoms with Crippen molar-refractivity contribution in [1.29, 1.82) is 0 Å². The maximum atomic E-state index is 11.0. The van der Waals surface area contributed by atoms with Crippen molar-refractivity contribution in [3.63, 3.8) is 0 Å². The predicted molar refractivity (Wildman–Crippen MR) is 76.6 cm³/mol. The molecule has 0 aliphatic heterocycles. The second kappa shape index (κ2) is 6.86. The Kier molecular flexibility index (Phi) is 4.90. The van der Waals surface area contributed by atoms with Crippen LogP contribution in [0.1, 0.15) is 24.9 Å². The number of hydrogen-bond acceptors (Lipinski definition) is 4. The van der Waals surface area contributed by atoms with E-state index in [1.165, 1.54) is 7.11 Å². The molecule has 2 rings (SSSR count). The van der Waals surface area contributed by atoms with Gasteiger partial charge in [0.05, 0.1) is 25.4 Å². The molecule has 0 bridgehead atoms. The van der Waals surface area contributed by atoms with Gasteiger partial charge < -0.3 is 10.1 Å². The van der Waals surface area contributed by atoms with E-state index in [1.54, 1.807) is 0 Å². The molecule has 20 heavy (non-hydrogen) atoms. The lowest BCUT2D eigenvalue weighted by Crippen LogP contribution is -2.22. The van der Waals surface area contributed by atoms with Crippen LogP contribution in [0, 0.1) is 0 Å². The lowest BCUT2D eigenvalue weighted by atomic mass is 10.2. The van der Waals surface area contributed by atoms with E-state index >= 15 is 0 Å². The van der Waals surface area contributed by atoms with Gasteiger partial charge in [0.15, 0.2) is 0 Å². The summed E-state index contributed by atoms with van der Waals surface area (Å²) in [6, 6.07) is 10.1. The van der Waals surface area contributed by atoms with Crippen LogP contribution in [0.5, 0.6) is 0 Å². The quantitative estimate of drug-likeness (QED) is 0.819. The van der Waals surface area contributed by atoms with Crippen LogP contribution >= 0.6 is 0 Å². The van der Waals surface area contributed by atoms with Gasteiger partial charge >= 0.3 is 5.97 Å². The monoisotopic (exact) mass is 273 g/mol. The molecule has 0 spiro atoms. The molecule has 106 valence electrons. The summed E-state index contributed by atoms with van der Waals surface area (Å²) in [6.45, 7) is 2.63. The third kappa shape index (κ3) is 3.68. The number of para-hydroxylation sites is 1. The van der Waals surface area contributed by atoms with Gasteiger partial charge in [0.1, 0.15) is 0 Å². The largest absolute Gasteiger partial charge is 0.469 e. The van der Waals surface area contributed by atoms with Gasteiger partial charge in [-0.1, -0.05) is 18.2 Å². The Hall–Kier alpha value is -2.14. The molecule has 0 saturated heterocycles. The molecule has 1 aromatic heterocycles. The fraction of sp³-hybridized carbons (Fsp3) is 0.333. The average Bonchev–Trinajstić information content (AvgIpc) is 2.97. The Morgan fingerprint density at radius 1 is 1.40 bits per heavy atom. The van der Waals surface area contributed by atoms with E-state index in [-0.39, 0.29) is 12.0 Å². The lowest BCUT2D eigenvalue weighted by molar-refractivity contribution is -0.140. The highest BCUT2D eigenvalue weighted by Gasteiger charge is 2.09. The lowest BCUT2D eigenvalue weighted by Gasteiger charge is -2.11. The molecule has 0 fully saturated rings. The van der Waals surface area contributed by atoms with Crippen molar-refractivity contribution in [1.82, 2.24) is 15.1 Å². The summed E-state index contributed by atoms with van der Waals surface area (Å²) < 4.78 is 6.45. The first-order valence-corrected chi connectivity index (χ1v) is 6.61. The second-order valence-corrected chi connectivity index (χ2v) is 4.56. The minimum Gasteiger partial charge on any atom is -0.469 e. The summed E-state index contributed by atoms with van der Waals surface area (Å²) in [6.07, 6.45) is 4.20. The van der Waals surface area contributed by atoms with E-state index < -0.39 is 0 Å². The molecule has 0 radical (unpaired) electrons. The maximum Gasteiger partial charge on any atom is 0.306 e. The molecule has 1 aromatic carbocycles. The highest BCUT2D eigenvalue weighted by atomic mass is 16.5. The van der Waals surface area contributed by atoms with Crippen molar-refractivity contribution in [3.8, 4) is 5.69 Å². The molecule has 1 atom stereocenters. The van der Waals surface area contributed by atoms with Crippen LogP contribution in [0.3, 0.4) is 0 Å². The van der Waals surface area contributed by atoms with Crippen LogP contribution in [0.25, 0.3) is 5.69 Å². The average molecular weight is 273 g/mol. The molecule has 1 unspecified atom stereocenters. The van der Waals surface area contributed by atoms with Gasteiger partial charge in [-0.05, 0) is 19.1 Å². The van der Waals surface area contributed by atoms with Crippen molar-refractivity contribution in [2.45, 2.75) is 19.4 Å². The first kappa shape index (κ1) is 14.3. The number of rotatable bonds is 6. The molecule has 1 N–H and O–H groups in total. The highest BCUT2D eigenvalue weighted by molar-refractivity contribution is 5.69. The van der Waals surface area contributed by atoms with Crippen LogP contribution in [0.4, 0.5) is 0 Å². The van der Waals surface area contributed by atoms with E-state index in [2.05, 4.69) is 15.2 Å². The smallest absolute Gasteiger partial charge is 0.306 e. The number of carbonyl (C=O) groups excluding carboxylic acids is 1. The summed E-state index contributed by atoms with van der Waals surface area (Å²) in [7, 11) is 1.40. The first-order chi connectivity index (χ1) is 9.70. The minimum absolute atomic E-state index is 0.136. The third-order valence-corrected chi connectivity index (χ3v) is 3.13. The summed E-state index contributed by atoms with van der Waals surface area (Å²) in [5, 5.41) is 7.63. The molecule has 2 aromatic rings. The summed E-state index contributed by atoms with van der Waals surface area (Å²) >= 11 is 0. The number of nitrogens with one attached hydrogen (secondary N) is 1. The number of ether oxygens (including phenoxy) is 1. The molecule has 0 aliphatic carbocycles. The van der Waals surface area contributed by atoms with Crippen molar-refractivity contribution in [2.75, 3.05) is 13.7 Å². The van der Waals surface area contributed by atoms with Crippen LogP contribution in [0.15, 0.2) is 42.7 Å². The van der Waals surface area contributed by atoms with E-state index in [4.69, 9.17) is 0 Å². The van der Waals surface area contributed by atoms with Crippen LogP contribution in [-0.4, -0.2) is 29.4 Å². The number of benzene rings is 1. The van der Waals surface area contributed by atoms with E-state index in [1.807, 2.05) is 54.3 Å². The van der Waals surface area contributed by atoms with Gasteiger partial charge in [-0.2, -0.15) is 5.10 Å². The Bertz CT molecular complexity index is 551. The number of nitrogens with zero attached hydrogens (tertiary/aromatic N) is 2. The van der Waals surface area contributed by atoms with Crippen LogP contribution in [-0.2, 0) is 9.53 Å². The van der Waals surface area contributed by atoms with Gasteiger partial charge in [0.25, 0.3) is 0 Å². The van der Waals surface area contributed by atoms with Crippen molar-refractivity contribution >= 4 is 5.97 Å². The van der Waals surface area contributed by atoms with Gasteiger partial charge in [0, 0.05) is 24.3 Å². The van der Waals surface area contributed by atoms with Gasteiger partial charge in [-0.15, -0.1) is 0 Å². The molecule has 5 heteroatoms. The topological polar surface area (TPSA) is 56.1 Å². The number of methoxy groups -OCH3 is 1. The SMILES string of the molecule is COC(=O)CCNC(C)c1cnn(-c2ccccc2)c1. The van der Waals surface area contributed by atoms with Crippen LogP contribution < -0.4 is 5.32 Å². The Morgan fingerprint density at radius 2 is 2.15 bits per heavy atom. The third-order valence-electron chi connectivity index (χ3n) is 3.13. The van der Waals surface area contributed by atoms with Crippen molar-refractivity contribution in [3.05, 3.63) is 48.3 Å². The van der Waals surface area contributed by atoms with E-state index in [0.717, 1.165) is 11.3 Å². The summed E-state index contributed by atoms with van der Waals surface area (Å²) in [5.41, 5.74) is 2.11. The zero-order valence-electron chi connectivity index (χ0n) is 11.7. The number of aromatic nitrogens is 2. The Labute approximate surface area is 118 Å². The van der Waals surface area contributed by atoms with Crippen molar-refractivity contribution in [2.24, 2.45) is 0 Å². The van der Waals surface area contributed by atoms with Crippen LogP contribution in [0.2, 0.25) is 0 Å². The molecule has 5 nitrogen and oxygen atoms in total. The zero-order valence-corrected chi connectivity index (χ0v) is 11.7. The Balaban J connectivity index is 1.93. The highest BCUT2D eigenvalue weighted by Crippen LogP contribution is 2.14. The van der Waals surface area contributed by atoms with E-state index in [9.17, 15) is 4.79 Å². The molecular formula is C15H19N3O2. The maximum absolute atomic E-state index is 11.0. The fourth-order valence-corrected chi connectivity index (χ4v) is 1.89. The van der Waals surface area contributed by atoms with Gasteiger partial charge in [0.2, 0.25) is 0 Å². The minimum atomic E-state index is -0.204. The molecule has 1 heterocycles. The zero-order chi connectivity index (χ0) is 14.4. The Morgan fingerprint density at radius 3 is 2.85 bits per heavy atom. The number of carbonyl (C=O) groups is 1. The van der Waals surface area contributed by atoms with Gasteiger partial charge in [-0.3, -0.25) is 4.79 Å². The van der Waals surface area contributed by atoms with Gasteiger partial charge in [-0.25, -0.2) is 4.68 Å². The first-order valence-electron chi connectivity index (χ1n) is 6.61. The standard InChI is InChI=1S/C15H19N3O2/c1-12(16-9-8-15(19)20-2)13-10-17-18(11-13)14-6-4-3-5-7-14/h3-7,10-12,16H,8-9H2,1-2H3. The van der Waals surface area contributed by atoms with Crippen molar-refractivity contribution < 1.29 is 9.53 Å². The fourth-order valence-electron chi connectivity index (χ4n) is 1.89. The molecule has 0 amide bonds. The normalized spacial score (nSPS) is 12.1.